The molecular formula is C26H40O12. The van der Waals surface area contributed by atoms with Crippen molar-refractivity contribution in [1.82, 2.24) is 0 Å². The highest BCUT2D eigenvalue weighted by Gasteiger charge is 2.28. The summed E-state index contributed by atoms with van der Waals surface area (Å²) in [5.74, 6) is -2.72. The van der Waals surface area contributed by atoms with Crippen molar-refractivity contribution in [3.8, 4) is 0 Å². The SMILES string of the molecule is O=C1CC(=O)OCCO[C@@H]2CCCC[C@H]2OCCOC(=O)CC(=O)OCCO[C@@H]2CCCC[C@H]2OCCO1. The summed E-state index contributed by atoms with van der Waals surface area (Å²) < 4.78 is 43.8. The smallest absolute Gasteiger partial charge is 0.317 e. The maximum absolute atomic E-state index is 11.9. The molecule has 4 atom stereocenters. The van der Waals surface area contributed by atoms with Gasteiger partial charge in [-0.05, 0) is 25.7 Å². The molecule has 1 aliphatic heterocycles. The summed E-state index contributed by atoms with van der Waals surface area (Å²) in [5, 5.41) is 0. The van der Waals surface area contributed by atoms with Crippen molar-refractivity contribution in [2.45, 2.75) is 88.6 Å². The summed E-state index contributed by atoms with van der Waals surface area (Å²) in [7, 11) is 0. The lowest BCUT2D eigenvalue weighted by Gasteiger charge is -2.31. The van der Waals surface area contributed by atoms with Crippen LogP contribution in [0.15, 0.2) is 0 Å². The van der Waals surface area contributed by atoms with Crippen molar-refractivity contribution in [3.05, 3.63) is 0 Å². The van der Waals surface area contributed by atoms with E-state index < -0.39 is 36.7 Å². The molecule has 3 fully saturated rings. The minimum atomic E-state index is -0.680. The highest BCUT2D eigenvalue weighted by atomic mass is 16.6. The number of cyclic esters (lactones) is 4. The summed E-state index contributed by atoms with van der Waals surface area (Å²) in [6, 6.07) is 0. The second-order valence-corrected chi connectivity index (χ2v) is 9.44. The van der Waals surface area contributed by atoms with Gasteiger partial charge in [0.1, 0.15) is 39.3 Å². The molecule has 38 heavy (non-hydrogen) atoms. The van der Waals surface area contributed by atoms with Gasteiger partial charge in [-0.15, -0.1) is 0 Å². The van der Waals surface area contributed by atoms with Crippen LogP contribution < -0.4 is 0 Å². The van der Waals surface area contributed by atoms with Crippen LogP contribution in [-0.4, -0.2) is 101 Å². The third-order valence-electron chi connectivity index (χ3n) is 6.57. The van der Waals surface area contributed by atoms with Crippen molar-refractivity contribution in [2.24, 2.45) is 0 Å². The minimum Gasteiger partial charge on any atom is -0.463 e. The highest BCUT2D eigenvalue weighted by molar-refractivity contribution is 5.91. The Balaban J connectivity index is 1.48. The van der Waals surface area contributed by atoms with Crippen LogP contribution in [0, 0.1) is 0 Å². The van der Waals surface area contributed by atoms with Crippen molar-refractivity contribution in [2.75, 3.05) is 52.9 Å². The fraction of sp³-hybridized carbons (Fsp3) is 0.846. The maximum Gasteiger partial charge on any atom is 0.317 e. The number of rotatable bonds is 0. The molecule has 0 amide bonds. The Labute approximate surface area is 222 Å². The van der Waals surface area contributed by atoms with Gasteiger partial charge in [-0.1, -0.05) is 25.7 Å². The zero-order chi connectivity index (χ0) is 27.0. The first-order valence-electron chi connectivity index (χ1n) is 13.6. The molecule has 0 aromatic heterocycles. The van der Waals surface area contributed by atoms with Gasteiger partial charge in [0.25, 0.3) is 0 Å². The molecular weight excluding hydrogens is 504 g/mol. The molecule has 1 saturated heterocycles. The Morgan fingerprint density at radius 3 is 0.842 bits per heavy atom. The van der Waals surface area contributed by atoms with E-state index in [4.69, 9.17) is 37.9 Å². The molecule has 2 aliphatic carbocycles. The summed E-state index contributed by atoms with van der Waals surface area (Å²) in [5.41, 5.74) is 0. The topological polar surface area (TPSA) is 142 Å². The molecule has 0 aromatic rings. The van der Waals surface area contributed by atoms with E-state index in [0.717, 1.165) is 51.4 Å². The van der Waals surface area contributed by atoms with E-state index in [1.165, 1.54) is 0 Å². The molecule has 0 radical (unpaired) electrons. The van der Waals surface area contributed by atoms with Crippen LogP contribution in [0.4, 0.5) is 0 Å². The summed E-state index contributed by atoms with van der Waals surface area (Å²) >= 11 is 0. The molecule has 0 unspecified atom stereocenters. The highest BCUT2D eigenvalue weighted by Crippen LogP contribution is 2.25. The lowest BCUT2D eigenvalue weighted by atomic mass is 9.94. The molecule has 0 N–H and O–H groups in total. The second kappa shape index (κ2) is 17.3. The van der Waals surface area contributed by atoms with Crippen molar-refractivity contribution < 1.29 is 57.1 Å². The van der Waals surface area contributed by atoms with Gasteiger partial charge < -0.3 is 37.9 Å². The Bertz CT molecular complexity index is 635. The molecule has 3 rings (SSSR count). The average Bonchev–Trinajstić information content (AvgIpc) is 2.90. The van der Waals surface area contributed by atoms with Gasteiger partial charge in [0.2, 0.25) is 0 Å². The van der Waals surface area contributed by atoms with Gasteiger partial charge in [0.15, 0.2) is 0 Å². The van der Waals surface area contributed by atoms with Crippen LogP contribution in [-0.2, 0) is 57.1 Å². The second-order valence-electron chi connectivity index (χ2n) is 9.44. The zero-order valence-corrected chi connectivity index (χ0v) is 21.9. The molecule has 2 saturated carbocycles. The van der Waals surface area contributed by atoms with E-state index in [2.05, 4.69) is 0 Å². The third kappa shape index (κ3) is 11.6. The minimum absolute atomic E-state index is 0.00915. The molecule has 0 bridgehead atoms. The van der Waals surface area contributed by atoms with Crippen LogP contribution in [0.1, 0.15) is 64.2 Å². The Kier molecular flexibility index (Phi) is 13.8. The summed E-state index contributed by atoms with van der Waals surface area (Å²) in [6.07, 6.45) is 5.46. The standard InChI is InChI=1S/C26H40O12/c27-23-17-25(29)37-15-11-33-21-7-3-4-8-22(21)34-12-16-38-26(30)18-24(28)36-14-10-32-20-6-2-1-5-19(20)31-9-13-35-23/h19-22H,1-18H2/t19-,20-,21-,22-/m1/s1. The molecule has 0 spiro atoms. The number of hydrogen-bond acceptors (Lipinski definition) is 12. The van der Waals surface area contributed by atoms with Crippen molar-refractivity contribution in [1.29, 1.82) is 0 Å². The quantitative estimate of drug-likeness (QED) is 0.248. The van der Waals surface area contributed by atoms with Gasteiger partial charge in [0, 0.05) is 0 Å². The molecule has 216 valence electrons. The van der Waals surface area contributed by atoms with E-state index in [1.54, 1.807) is 0 Å². The van der Waals surface area contributed by atoms with E-state index in [9.17, 15) is 19.2 Å². The predicted octanol–water partition coefficient (Wildman–Crippen LogP) is 1.64. The lowest BCUT2D eigenvalue weighted by Crippen LogP contribution is -2.36. The first-order valence-corrected chi connectivity index (χ1v) is 13.6. The normalized spacial score (nSPS) is 30.9. The fourth-order valence-corrected chi connectivity index (χ4v) is 4.75. The third-order valence-corrected chi connectivity index (χ3v) is 6.57. The number of fused-ring (bicyclic) bond motifs is 2. The Morgan fingerprint density at radius 2 is 0.605 bits per heavy atom. The molecule has 12 heteroatoms. The predicted molar refractivity (Wildman–Crippen MR) is 129 cm³/mol. The monoisotopic (exact) mass is 544 g/mol. The first kappa shape index (κ1) is 30.3. The number of esters is 4. The van der Waals surface area contributed by atoms with E-state index in [0.29, 0.717) is 0 Å². The van der Waals surface area contributed by atoms with Crippen LogP contribution in [0.2, 0.25) is 0 Å². The number of carbonyl (C=O) groups is 4. The van der Waals surface area contributed by atoms with Crippen molar-refractivity contribution >= 4 is 23.9 Å². The largest absolute Gasteiger partial charge is 0.463 e. The average molecular weight is 545 g/mol. The fourth-order valence-electron chi connectivity index (χ4n) is 4.75. The number of carbonyl (C=O) groups excluding carboxylic acids is 4. The number of hydrogen-bond donors (Lipinski definition) is 0. The van der Waals surface area contributed by atoms with E-state index >= 15 is 0 Å². The lowest BCUT2D eigenvalue weighted by molar-refractivity contribution is -0.163. The summed E-state index contributed by atoms with van der Waals surface area (Å²) in [6.45, 7) is 0.707. The molecule has 12 nitrogen and oxygen atoms in total. The Morgan fingerprint density at radius 1 is 0.368 bits per heavy atom. The van der Waals surface area contributed by atoms with Gasteiger partial charge in [-0.25, -0.2) is 0 Å². The van der Waals surface area contributed by atoms with Crippen LogP contribution in [0.3, 0.4) is 0 Å². The molecule has 0 aromatic carbocycles. The maximum atomic E-state index is 11.9. The summed E-state index contributed by atoms with van der Waals surface area (Å²) in [4.78, 5) is 47.8. The van der Waals surface area contributed by atoms with Gasteiger partial charge >= 0.3 is 23.9 Å². The van der Waals surface area contributed by atoms with Gasteiger partial charge in [-0.3, -0.25) is 19.2 Å². The zero-order valence-electron chi connectivity index (χ0n) is 21.9. The van der Waals surface area contributed by atoms with E-state index in [-0.39, 0.29) is 77.3 Å². The molecule has 3 aliphatic rings. The first-order chi connectivity index (χ1) is 18.5. The van der Waals surface area contributed by atoms with Crippen molar-refractivity contribution in [3.63, 3.8) is 0 Å². The Hall–Kier alpha value is -2.28. The number of ether oxygens (including phenoxy) is 8. The molecule has 1 heterocycles. The van der Waals surface area contributed by atoms with Crippen LogP contribution >= 0.6 is 0 Å². The van der Waals surface area contributed by atoms with Gasteiger partial charge in [-0.2, -0.15) is 0 Å². The van der Waals surface area contributed by atoms with Crippen LogP contribution in [0.5, 0.6) is 0 Å². The van der Waals surface area contributed by atoms with E-state index in [1.807, 2.05) is 0 Å². The van der Waals surface area contributed by atoms with Crippen LogP contribution in [0.25, 0.3) is 0 Å². The van der Waals surface area contributed by atoms with Gasteiger partial charge in [0.05, 0.1) is 50.8 Å².